The molecule has 0 saturated heterocycles. The zero-order chi connectivity index (χ0) is 12.4. The maximum Gasteiger partial charge on any atom is 0.0958 e. The molecule has 0 spiro atoms. The number of nitrogen functional groups attached to an aromatic ring is 1. The van der Waals surface area contributed by atoms with Gasteiger partial charge in [-0.15, -0.1) is 0 Å². The fourth-order valence-electron chi connectivity index (χ4n) is 3.11. The van der Waals surface area contributed by atoms with Crippen LogP contribution in [-0.2, 0) is 6.54 Å². The number of imidazole rings is 1. The van der Waals surface area contributed by atoms with Crippen molar-refractivity contribution in [2.75, 3.05) is 5.73 Å². The maximum absolute atomic E-state index is 5.77. The lowest BCUT2D eigenvalue weighted by molar-refractivity contribution is 0.461. The first-order chi connectivity index (χ1) is 8.83. The van der Waals surface area contributed by atoms with Gasteiger partial charge in [-0.3, -0.25) is 0 Å². The quantitative estimate of drug-likeness (QED) is 0.834. The number of benzene rings is 1. The number of nitrogens with zero attached hydrogens (tertiary/aromatic N) is 2. The van der Waals surface area contributed by atoms with Gasteiger partial charge in [0, 0.05) is 12.2 Å². The fraction of sp³-hybridized carbons (Fsp3) is 0.533. The normalized spacial score (nSPS) is 16.7. The molecule has 3 nitrogen and oxygen atoms in total. The van der Waals surface area contributed by atoms with Crippen molar-refractivity contribution >= 4 is 16.7 Å². The van der Waals surface area contributed by atoms with Crippen LogP contribution in [0.15, 0.2) is 24.5 Å². The Kier molecular flexibility index (Phi) is 3.22. The van der Waals surface area contributed by atoms with Crippen molar-refractivity contribution in [1.29, 1.82) is 0 Å². The SMILES string of the molecule is Nc1ccc2c(c1)ncn2CCCC1CCCC1. The molecule has 0 amide bonds. The Morgan fingerprint density at radius 2 is 2.11 bits per heavy atom. The van der Waals surface area contributed by atoms with Crippen molar-refractivity contribution in [1.82, 2.24) is 9.55 Å². The first-order valence-corrected chi connectivity index (χ1v) is 7.03. The fourth-order valence-corrected chi connectivity index (χ4v) is 3.11. The second kappa shape index (κ2) is 5.01. The highest BCUT2D eigenvalue weighted by molar-refractivity contribution is 5.78. The van der Waals surface area contributed by atoms with Crippen molar-refractivity contribution in [2.24, 2.45) is 5.92 Å². The Labute approximate surface area is 108 Å². The molecule has 96 valence electrons. The number of anilines is 1. The minimum Gasteiger partial charge on any atom is -0.399 e. The molecule has 1 fully saturated rings. The second-order valence-corrected chi connectivity index (χ2v) is 5.48. The van der Waals surface area contributed by atoms with Crippen LogP contribution in [-0.4, -0.2) is 9.55 Å². The topological polar surface area (TPSA) is 43.8 Å². The summed E-state index contributed by atoms with van der Waals surface area (Å²) in [7, 11) is 0. The van der Waals surface area contributed by atoms with E-state index in [1.54, 1.807) is 0 Å². The van der Waals surface area contributed by atoms with E-state index in [1.165, 1.54) is 44.0 Å². The molecule has 0 radical (unpaired) electrons. The Morgan fingerprint density at radius 1 is 1.28 bits per heavy atom. The summed E-state index contributed by atoms with van der Waals surface area (Å²) in [5.41, 5.74) is 8.77. The van der Waals surface area contributed by atoms with Gasteiger partial charge >= 0.3 is 0 Å². The predicted molar refractivity (Wildman–Crippen MR) is 75.3 cm³/mol. The number of rotatable bonds is 4. The zero-order valence-corrected chi connectivity index (χ0v) is 10.8. The maximum atomic E-state index is 5.77. The van der Waals surface area contributed by atoms with Gasteiger partial charge in [0.1, 0.15) is 0 Å². The second-order valence-electron chi connectivity index (χ2n) is 5.48. The third-order valence-corrected chi connectivity index (χ3v) is 4.13. The lowest BCUT2D eigenvalue weighted by Crippen LogP contribution is -2.00. The monoisotopic (exact) mass is 243 g/mol. The first kappa shape index (κ1) is 11.6. The lowest BCUT2D eigenvalue weighted by atomic mass is 10.0. The summed E-state index contributed by atoms with van der Waals surface area (Å²) in [5.74, 6) is 0.982. The summed E-state index contributed by atoms with van der Waals surface area (Å²) in [6, 6.07) is 5.98. The third kappa shape index (κ3) is 2.35. The van der Waals surface area contributed by atoms with E-state index in [0.29, 0.717) is 0 Å². The van der Waals surface area contributed by atoms with Gasteiger partial charge < -0.3 is 10.3 Å². The van der Waals surface area contributed by atoms with Crippen molar-refractivity contribution in [3.63, 3.8) is 0 Å². The van der Waals surface area contributed by atoms with E-state index in [0.717, 1.165) is 23.7 Å². The minimum absolute atomic E-state index is 0.790. The van der Waals surface area contributed by atoms with E-state index < -0.39 is 0 Å². The van der Waals surface area contributed by atoms with Crippen molar-refractivity contribution in [3.05, 3.63) is 24.5 Å². The molecule has 2 N–H and O–H groups in total. The highest BCUT2D eigenvalue weighted by Crippen LogP contribution is 2.28. The largest absolute Gasteiger partial charge is 0.399 e. The molecule has 1 aromatic carbocycles. The average Bonchev–Trinajstić information content (AvgIpc) is 2.99. The molecule has 18 heavy (non-hydrogen) atoms. The Hall–Kier alpha value is -1.51. The van der Waals surface area contributed by atoms with Gasteiger partial charge in [0.05, 0.1) is 17.4 Å². The molecule has 1 heterocycles. The molecule has 1 aromatic heterocycles. The lowest BCUT2D eigenvalue weighted by Gasteiger charge is -2.09. The molecule has 1 aliphatic rings. The van der Waals surface area contributed by atoms with Crippen LogP contribution in [0, 0.1) is 5.92 Å². The number of fused-ring (bicyclic) bond motifs is 1. The number of hydrogen-bond donors (Lipinski definition) is 1. The van der Waals surface area contributed by atoms with E-state index in [9.17, 15) is 0 Å². The Bertz CT molecular complexity index is 524. The predicted octanol–water partition coefficient (Wildman–Crippen LogP) is 3.59. The van der Waals surface area contributed by atoms with Crippen LogP contribution in [0.1, 0.15) is 38.5 Å². The van der Waals surface area contributed by atoms with Crippen LogP contribution in [0.25, 0.3) is 11.0 Å². The van der Waals surface area contributed by atoms with Crippen LogP contribution in [0.5, 0.6) is 0 Å². The van der Waals surface area contributed by atoms with Gasteiger partial charge in [-0.2, -0.15) is 0 Å². The number of hydrogen-bond acceptors (Lipinski definition) is 2. The number of aryl methyl sites for hydroxylation is 1. The molecular formula is C15H21N3. The van der Waals surface area contributed by atoms with E-state index in [-0.39, 0.29) is 0 Å². The van der Waals surface area contributed by atoms with Gasteiger partial charge in [0.15, 0.2) is 0 Å². The average molecular weight is 243 g/mol. The van der Waals surface area contributed by atoms with Gasteiger partial charge in [-0.1, -0.05) is 25.7 Å². The van der Waals surface area contributed by atoms with Crippen LogP contribution >= 0.6 is 0 Å². The van der Waals surface area contributed by atoms with Crippen molar-refractivity contribution in [2.45, 2.75) is 45.1 Å². The molecule has 3 heteroatoms. The standard InChI is InChI=1S/C15H21N3/c16-13-7-8-15-14(10-13)17-11-18(15)9-3-6-12-4-1-2-5-12/h7-8,10-12H,1-6,9,16H2. The molecule has 0 bridgehead atoms. The molecular weight excluding hydrogens is 222 g/mol. The van der Waals surface area contributed by atoms with Crippen LogP contribution in [0.4, 0.5) is 5.69 Å². The molecule has 0 unspecified atom stereocenters. The summed E-state index contributed by atoms with van der Waals surface area (Å²) >= 11 is 0. The Balaban J connectivity index is 1.63. The molecule has 0 aliphatic heterocycles. The third-order valence-electron chi connectivity index (χ3n) is 4.13. The number of nitrogens with two attached hydrogens (primary N) is 1. The summed E-state index contributed by atoms with van der Waals surface area (Å²) < 4.78 is 2.25. The zero-order valence-electron chi connectivity index (χ0n) is 10.8. The molecule has 1 aliphatic carbocycles. The Morgan fingerprint density at radius 3 is 2.94 bits per heavy atom. The molecule has 3 rings (SSSR count). The van der Waals surface area contributed by atoms with Crippen LogP contribution in [0.3, 0.4) is 0 Å². The summed E-state index contributed by atoms with van der Waals surface area (Å²) in [6.45, 7) is 1.08. The van der Waals surface area contributed by atoms with Gasteiger partial charge in [-0.05, 0) is 37.0 Å². The molecule has 0 atom stereocenters. The molecule has 2 aromatic rings. The number of aromatic nitrogens is 2. The first-order valence-electron chi connectivity index (χ1n) is 7.03. The molecule has 1 saturated carbocycles. The van der Waals surface area contributed by atoms with Gasteiger partial charge in [0.2, 0.25) is 0 Å². The van der Waals surface area contributed by atoms with Crippen molar-refractivity contribution < 1.29 is 0 Å². The minimum atomic E-state index is 0.790. The smallest absolute Gasteiger partial charge is 0.0958 e. The highest BCUT2D eigenvalue weighted by Gasteiger charge is 2.14. The summed E-state index contributed by atoms with van der Waals surface area (Å²) in [4.78, 5) is 4.41. The summed E-state index contributed by atoms with van der Waals surface area (Å²) in [6.07, 6.45) is 10.4. The van der Waals surface area contributed by atoms with Crippen LogP contribution < -0.4 is 5.73 Å². The van der Waals surface area contributed by atoms with Crippen LogP contribution in [0.2, 0.25) is 0 Å². The summed E-state index contributed by atoms with van der Waals surface area (Å²) in [5, 5.41) is 0. The van der Waals surface area contributed by atoms with E-state index in [1.807, 2.05) is 18.5 Å². The van der Waals surface area contributed by atoms with E-state index in [4.69, 9.17) is 5.73 Å². The van der Waals surface area contributed by atoms with Gasteiger partial charge in [0.25, 0.3) is 0 Å². The van der Waals surface area contributed by atoms with E-state index >= 15 is 0 Å². The van der Waals surface area contributed by atoms with Gasteiger partial charge in [-0.25, -0.2) is 4.98 Å². The van der Waals surface area contributed by atoms with E-state index in [2.05, 4.69) is 15.6 Å². The van der Waals surface area contributed by atoms with Crippen molar-refractivity contribution in [3.8, 4) is 0 Å². The highest BCUT2D eigenvalue weighted by atomic mass is 15.0.